The van der Waals surface area contributed by atoms with Crippen molar-refractivity contribution in [2.24, 2.45) is 0 Å². The molecule has 0 saturated carbocycles. The second-order valence-electron chi connectivity index (χ2n) is 6.88. The van der Waals surface area contributed by atoms with E-state index in [1.54, 1.807) is 18.9 Å². The molecule has 1 aliphatic rings. The summed E-state index contributed by atoms with van der Waals surface area (Å²) in [6, 6.07) is 28.2. The monoisotopic (exact) mass is 401 g/mol. The van der Waals surface area contributed by atoms with Crippen LogP contribution < -0.4 is 9.64 Å². The van der Waals surface area contributed by atoms with E-state index in [4.69, 9.17) is 4.74 Å². The summed E-state index contributed by atoms with van der Waals surface area (Å²) in [5, 5.41) is -0.0859. The number of amides is 1. The van der Waals surface area contributed by atoms with Gasteiger partial charge in [0.1, 0.15) is 11.0 Å². The van der Waals surface area contributed by atoms with E-state index in [-0.39, 0.29) is 17.2 Å². The molecule has 0 aliphatic carbocycles. The van der Waals surface area contributed by atoms with Crippen molar-refractivity contribution in [1.29, 1.82) is 0 Å². The number of ether oxygens (including phenoxy) is 1. The molecule has 0 radical (unpaired) electrons. The maximum absolute atomic E-state index is 13.0. The lowest BCUT2D eigenvalue weighted by atomic mass is 9.98. The van der Waals surface area contributed by atoms with Crippen LogP contribution in [-0.2, 0) is 10.5 Å². The largest absolute Gasteiger partial charge is 0.497 e. The number of β-lactam (4-membered cyclic amide) rings is 1. The van der Waals surface area contributed by atoms with Crippen molar-refractivity contribution >= 4 is 29.4 Å². The molecule has 0 bridgehead atoms. The number of rotatable bonds is 7. The molecule has 4 heteroatoms. The lowest BCUT2D eigenvalue weighted by Gasteiger charge is -2.45. The van der Waals surface area contributed by atoms with E-state index in [0.717, 1.165) is 22.8 Å². The first-order valence-corrected chi connectivity index (χ1v) is 10.7. The normalized spacial score (nSPS) is 18.7. The predicted molar refractivity (Wildman–Crippen MR) is 121 cm³/mol. The number of carbonyl (C=O) groups excluding carboxylic acids is 1. The maximum atomic E-state index is 13.0. The first kappa shape index (κ1) is 19.3. The Labute approximate surface area is 176 Å². The molecule has 146 valence electrons. The number of nitrogens with zero attached hydrogens (tertiary/aromatic N) is 1. The summed E-state index contributed by atoms with van der Waals surface area (Å²) >= 11 is 1.71. The average molecular weight is 402 g/mol. The van der Waals surface area contributed by atoms with Crippen LogP contribution in [0.3, 0.4) is 0 Å². The maximum Gasteiger partial charge on any atom is 0.243 e. The lowest BCUT2D eigenvalue weighted by molar-refractivity contribution is -0.122. The van der Waals surface area contributed by atoms with Gasteiger partial charge in [0.05, 0.1) is 13.2 Å². The SMILES string of the molecule is COc1ccc(N2C(=O)[C@H](SCc3ccccc3)[C@H]2/C=C/c2ccccc2)cc1. The Hall–Kier alpha value is -2.98. The van der Waals surface area contributed by atoms with Crippen LogP contribution in [0, 0.1) is 0 Å². The van der Waals surface area contributed by atoms with Crippen LogP contribution >= 0.6 is 11.8 Å². The van der Waals surface area contributed by atoms with Gasteiger partial charge in [-0.1, -0.05) is 72.8 Å². The van der Waals surface area contributed by atoms with Crippen LogP contribution in [0.2, 0.25) is 0 Å². The van der Waals surface area contributed by atoms with E-state index >= 15 is 0 Å². The highest BCUT2D eigenvalue weighted by Crippen LogP contribution is 2.38. The van der Waals surface area contributed by atoms with Gasteiger partial charge >= 0.3 is 0 Å². The lowest BCUT2D eigenvalue weighted by Crippen LogP contribution is -2.62. The van der Waals surface area contributed by atoms with Crippen molar-refractivity contribution < 1.29 is 9.53 Å². The van der Waals surface area contributed by atoms with Crippen LogP contribution in [0.15, 0.2) is 91.0 Å². The smallest absolute Gasteiger partial charge is 0.243 e. The molecule has 1 fully saturated rings. The molecule has 29 heavy (non-hydrogen) atoms. The Kier molecular flexibility index (Phi) is 6.01. The highest BCUT2D eigenvalue weighted by molar-refractivity contribution is 8.00. The van der Waals surface area contributed by atoms with Gasteiger partial charge in [-0.2, -0.15) is 0 Å². The summed E-state index contributed by atoms with van der Waals surface area (Å²) in [7, 11) is 1.64. The summed E-state index contributed by atoms with van der Waals surface area (Å²) in [6.07, 6.45) is 4.24. The van der Waals surface area contributed by atoms with Gasteiger partial charge in [0.25, 0.3) is 0 Å². The van der Waals surface area contributed by atoms with E-state index in [2.05, 4.69) is 36.4 Å². The zero-order valence-electron chi connectivity index (χ0n) is 16.3. The number of hydrogen-bond donors (Lipinski definition) is 0. The Balaban J connectivity index is 1.55. The zero-order valence-corrected chi connectivity index (χ0v) is 17.1. The topological polar surface area (TPSA) is 29.5 Å². The molecule has 0 N–H and O–H groups in total. The van der Waals surface area contributed by atoms with Crippen LogP contribution in [0.25, 0.3) is 6.08 Å². The van der Waals surface area contributed by atoms with Crippen molar-refractivity contribution in [2.45, 2.75) is 17.0 Å². The van der Waals surface area contributed by atoms with Gasteiger partial charge in [-0.05, 0) is 35.4 Å². The predicted octanol–water partition coefficient (Wildman–Crippen LogP) is 5.43. The Morgan fingerprint density at radius 2 is 1.59 bits per heavy atom. The number of carbonyl (C=O) groups is 1. The zero-order chi connectivity index (χ0) is 20.1. The summed E-state index contributed by atoms with van der Waals surface area (Å²) in [5.74, 6) is 1.76. The summed E-state index contributed by atoms with van der Waals surface area (Å²) in [5.41, 5.74) is 3.27. The van der Waals surface area contributed by atoms with E-state index in [9.17, 15) is 4.79 Å². The molecule has 1 aliphatic heterocycles. The number of thioether (sulfide) groups is 1. The number of benzene rings is 3. The molecule has 0 aromatic heterocycles. The van der Waals surface area contributed by atoms with Gasteiger partial charge in [-0.25, -0.2) is 0 Å². The number of hydrogen-bond acceptors (Lipinski definition) is 3. The molecule has 1 amide bonds. The molecule has 2 atom stereocenters. The number of anilines is 1. The van der Waals surface area contributed by atoms with Gasteiger partial charge in [-0.3, -0.25) is 4.79 Å². The van der Waals surface area contributed by atoms with Crippen LogP contribution in [-0.4, -0.2) is 24.3 Å². The minimum Gasteiger partial charge on any atom is -0.497 e. The van der Waals surface area contributed by atoms with Crippen LogP contribution in [0.5, 0.6) is 5.75 Å². The van der Waals surface area contributed by atoms with Gasteiger partial charge in [0.2, 0.25) is 5.91 Å². The standard InChI is InChI=1S/C25H23NO2S/c1-28-22-15-13-21(14-16-22)26-23(17-12-19-8-4-2-5-9-19)24(25(26)27)29-18-20-10-6-3-7-11-20/h2-17,23-24H,18H2,1H3/b17-12+/t23-,24-/m1/s1. The molecular weight excluding hydrogens is 378 g/mol. The van der Waals surface area contributed by atoms with Crippen LogP contribution in [0.1, 0.15) is 11.1 Å². The fraction of sp³-hybridized carbons (Fsp3) is 0.160. The molecule has 3 nitrogen and oxygen atoms in total. The Morgan fingerprint density at radius 3 is 2.24 bits per heavy atom. The molecular formula is C25H23NO2S. The van der Waals surface area contributed by atoms with Gasteiger partial charge < -0.3 is 9.64 Å². The van der Waals surface area contributed by atoms with Crippen molar-refractivity contribution in [3.05, 3.63) is 102 Å². The highest BCUT2D eigenvalue weighted by atomic mass is 32.2. The van der Waals surface area contributed by atoms with Crippen molar-refractivity contribution in [3.8, 4) is 5.75 Å². The third-order valence-corrected chi connectivity index (χ3v) is 6.34. The minimum absolute atomic E-state index is 0.0183. The quantitative estimate of drug-likeness (QED) is 0.495. The second kappa shape index (κ2) is 9.01. The second-order valence-corrected chi connectivity index (χ2v) is 8.01. The van der Waals surface area contributed by atoms with Gasteiger partial charge in [-0.15, -0.1) is 11.8 Å². The number of methoxy groups -OCH3 is 1. The summed E-state index contributed by atoms with van der Waals surface area (Å²) < 4.78 is 5.25. The van der Waals surface area contributed by atoms with E-state index in [1.807, 2.05) is 65.6 Å². The first-order chi connectivity index (χ1) is 14.3. The molecule has 1 heterocycles. The third kappa shape index (κ3) is 4.38. The van der Waals surface area contributed by atoms with E-state index in [0.29, 0.717) is 0 Å². The summed E-state index contributed by atoms with van der Waals surface area (Å²) in [6.45, 7) is 0. The van der Waals surface area contributed by atoms with Crippen molar-refractivity contribution in [1.82, 2.24) is 0 Å². The molecule has 3 aromatic carbocycles. The van der Waals surface area contributed by atoms with E-state index < -0.39 is 0 Å². The highest BCUT2D eigenvalue weighted by Gasteiger charge is 2.46. The van der Waals surface area contributed by atoms with E-state index in [1.165, 1.54) is 5.56 Å². The molecule has 0 unspecified atom stereocenters. The minimum atomic E-state index is -0.0859. The van der Waals surface area contributed by atoms with Gasteiger partial charge in [0.15, 0.2) is 0 Å². The third-order valence-electron chi connectivity index (χ3n) is 5.00. The Morgan fingerprint density at radius 1 is 0.931 bits per heavy atom. The first-order valence-electron chi connectivity index (χ1n) is 9.62. The molecule has 0 spiro atoms. The Bertz CT molecular complexity index is 971. The summed E-state index contributed by atoms with van der Waals surface area (Å²) in [4.78, 5) is 14.9. The van der Waals surface area contributed by atoms with Gasteiger partial charge in [0, 0.05) is 11.4 Å². The fourth-order valence-corrected chi connectivity index (χ4v) is 4.65. The van der Waals surface area contributed by atoms with Crippen molar-refractivity contribution in [2.75, 3.05) is 12.0 Å². The van der Waals surface area contributed by atoms with Crippen molar-refractivity contribution in [3.63, 3.8) is 0 Å². The van der Waals surface area contributed by atoms with Crippen LogP contribution in [0.4, 0.5) is 5.69 Å². The molecule has 4 rings (SSSR count). The fourth-order valence-electron chi connectivity index (χ4n) is 3.42. The molecule has 3 aromatic rings. The molecule has 1 saturated heterocycles. The average Bonchev–Trinajstić information content (AvgIpc) is 2.78.